The highest BCUT2D eigenvalue weighted by Gasteiger charge is 2.21. The van der Waals surface area contributed by atoms with E-state index in [1.807, 2.05) is 0 Å². The number of anilines is 2. The molecule has 3 heterocycles. The van der Waals surface area contributed by atoms with Crippen molar-refractivity contribution in [2.75, 3.05) is 28.9 Å². The van der Waals surface area contributed by atoms with Crippen LogP contribution in [0.25, 0.3) is 22.0 Å². The van der Waals surface area contributed by atoms with Crippen molar-refractivity contribution < 1.29 is 26.3 Å². The first-order chi connectivity index (χ1) is 19.7. The molecule has 14 heteroatoms. The summed E-state index contributed by atoms with van der Waals surface area (Å²) in [5.41, 5.74) is 1.51. The van der Waals surface area contributed by atoms with Crippen molar-refractivity contribution >= 4 is 44.8 Å². The van der Waals surface area contributed by atoms with Crippen molar-refractivity contribution in [2.24, 2.45) is 0 Å². The normalized spacial score (nSPS) is 15.3. The third-order valence-electron chi connectivity index (χ3n) is 6.69. The Labute approximate surface area is 247 Å². The predicted octanol–water partition coefficient (Wildman–Crippen LogP) is 5.91. The number of rotatable bonds is 10. The highest BCUT2D eigenvalue weighted by atomic mass is 35.5. The summed E-state index contributed by atoms with van der Waals surface area (Å²) in [6.07, 6.45) is 1.62. The molecule has 9 nitrogen and oxygen atoms in total. The van der Waals surface area contributed by atoms with Crippen LogP contribution in [0.4, 0.5) is 24.8 Å². The molecule has 2 aromatic heterocycles. The zero-order valence-electron chi connectivity index (χ0n) is 22.6. The summed E-state index contributed by atoms with van der Waals surface area (Å²) < 4.78 is 73.4. The summed E-state index contributed by atoms with van der Waals surface area (Å²) in [6.45, 7) is 3.60. The first-order valence-corrected chi connectivity index (χ1v) is 14.8. The standard InChI is InChI=1S/C28H29F3N6O3S.ClH/c1-17-6-7-19-20(8-9-22(29)25(19)37-41(38,39)15-11-24(30)31)26(17)40-27-21(5-3-13-33-27)23-10-14-34-28(36-23)35-18-4-2-12-32-16-18;/h3,5-10,13-14,18,24,32,37H,2,4,11-12,15-16H2,1H3,(H,34,35,36);1H/t18-;/m0./s1. The van der Waals surface area contributed by atoms with Gasteiger partial charge in [0.2, 0.25) is 28.3 Å². The third-order valence-corrected chi connectivity index (χ3v) is 7.98. The number of nitrogens with zero attached hydrogens (tertiary/aromatic N) is 3. The molecule has 0 unspecified atom stereocenters. The van der Waals surface area contributed by atoms with Crippen LogP contribution in [0.5, 0.6) is 11.6 Å². The Hall–Kier alpha value is -3.68. The summed E-state index contributed by atoms with van der Waals surface area (Å²) in [4.78, 5) is 13.4. The number of fused-ring (bicyclic) bond motifs is 1. The molecule has 1 aliphatic rings. The zero-order chi connectivity index (χ0) is 29.0. The van der Waals surface area contributed by atoms with Crippen LogP contribution in [0.3, 0.4) is 0 Å². The maximum Gasteiger partial charge on any atom is 0.239 e. The Morgan fingerprint density at radius 1 is 1.10 bits per heavy atom. The molecular formula is C28H30ClF3N6O3S. The molecule has 0 amide bonds. The number of nitrogens with one attached hydrogen (secondary N) is 3. The third kappa shape index (κ3) is 7.39. The van der Waals surface area contributed by atoms with Crippen LogP contribution in [0, 0.1) is 12.7 Å². The van der Waals surface area contributed by atoms with Crippen LogP contribution in [0.15, 0.2) is 54.9 Å². The van der Waals surface area contributed by atoms with Gasteiger partial charge >= 0.3 is 0 Å². The molecule has 0 saturated carbocycles. The van der Waals surface area contributed by atoms with Crippen molar-refractivity contribution in [3.8, 4) is 22.9 Å². The second kappa shape index (κ2) is 13.5. The fraction of sp³-hybridized carbons (Fsp3) is 0.321. The van der Waals surface area contributed by atoms with Gasteiger partial charge in [0.05, 0.1) is 22.7 Å². The smallest absolute Gasteiger partial charge is 0.239 e. The Morgan fingerprint density at radius 3 is 2.67 bits per heavy atom. The number of ether oxygens (including phenoxy) is 1. The van der Waals surface area contributed by atoms with Gasteiger partial charge in [0.15, 0.2) is 0 Å². The quantitative estimate of drug-likeness (QED) is 0.200. The van der Waals surface area contributed by atoms with Crippen LogP contribution >= 0.6 is 12.4 Å². The van der Waals surface area contributed by atoms with E-state index >= 15 is 0 Å². The Balaban J connectivity index is 0.00000405. The van der Waals surface area contributed by atoms with Gasteiger partial charge in [-0.2, -0.15) is 0 Å². The van der Waals surface area contributed by atoms with Gasteiger partial charge in [0.25, 0.3) is 0 Å². The van der Waals surface area contributed by atoms with E-state index in [0.29, 0.717) is 33.9 Å². The van der Waals surface area contributed by atoms with E-state index in [4.69, 9.17) is 4.74 Å². The number of hydrogen-bond donors (Lipinski definition) is 3. The Bertz CT molecular complexity index is 1660. The van der Waals surface area contributed by atoms with Crippen molar-refractivity contribution in [2.45, 2.75) is 38.7 Å². The number of hydrogen-bond acceptors (Lipinski definition) is 8. The second-order valence-corrected chi connectivity index (χ2v) is 11.6. The van der Waals surface area contributed by atoms with E-state index < -0.39 is 34.4 Å². The van der Waals surface area contributed by atoms with E-state index in [2.05, 4.69) is 30.3 Å². The lowest BCUT2D eigenvalue weighted by atomic mass is 10.0. The minimum atomic E-state index is -4.23. The molecule has 1 fully saturated rings. The van der Waals surface area contributed by atoms with E-state index in [9.17, 15) is 21.6 Å². The van der Waals surface area contributed by atoms with Gasteiger partial charge in [0.1, 0.15) is 11.6 Å². The number of benzene rings is 2. The van der Waals surface area contributed by atoms with Gasteiger partial charge < -0.3 is 15.4 Å². The molecule has 1 atom stereocenters. The molecule has 3 N–H and O–H groups in total. The molecule has 0 bridgehead atoms. The molecule has 0 radical (unpaired) electrons. The number of aromatic nitrogens is 3. The molecule has 4 aromatic rings. The lowest BCUT2D eigenvalue weighted by molar-refractivity contribution is 0.145. The molecule has 2 aromatic carbocycles. The fourth-order valence-corrected chi connectivity index (χ4v) is 5.76. The van der Waals surface area contributed by atoms with Gasteiger partial charge in [-0.1, -0.05) is 12.1 Å². The number of alkyl halides is 2. The summed E-state index contributed by atoms with van der Waals surface area (Å²) >= 11 is 0. The van der Waals surface area contributed by atoms with E-state index in [0.717, 1.165) is 32.0 Å². The molecular weight excluding hydrogens is 593 g/mol. The van der Waals surface area contributed by atoms with Crippen LogP contribution in [0.2, 0.25) is 0 Å². The predicted molar refractivity (Wildman–Crippen MR) is 159 cm³/mol. The fourth-order valence-electron chi connectivity index (χ4n) is 4.65. The van der Waals surface area contributed by atoms with Crippen LogP contribution in [-0.2, 0) is 10.0 Å². The molecule has 5 rings (SSSR count). The SMILES string of the molecule is Cc1ccc2c(NS(=O)(=O)CCC(F)F)c(F)ccc2c1Oc1ncccc1-c1ccnc(N[C@H]2CCCNC2)n1.Cl. The summed E-state index contributed by atoms with van der Waals surface area (Å²) in [5.74, 6) is -0.654. The molecule has 0 spiro atoms. The molecule has 224 valence electrons. The number of sulfonamides is 1. The topological polar surface area (TPSA) is 118 Å². The Kier molecular flexibility index (Phi) is 10.1. The van der Waals surface area contributed by atoms with E-state index in [1.54, 1.807) is 49.6 Å². The first-order valence-electron chi connectivity index (χ1n) is 13.1. The van der Waals surface area contributed by atoms with Crippen molar-refractivity contribution in [3.05, 3.63) is 66.2 Å². The van der Waals surface area contributed by atoms with E-state index in [-0.39, 0.29) is 35.4 Å². The first kappa shape index (κ1) is 31.3. The molecule has 42 heavy (non-hydrogen) atoms. The highest BCUT2D eigenvalue weighted by Crippen LogP contribution is 2.39. The van der Waals surface area contributed by atoms with Crippen LogP contribution in [0.1, 0.15) is 24.8 Å². The van der Waals surface area contributed by atoms with Gasteiger partial charge in [-0.3, -0.25) is 4.72 Å². The number of aryl methyl sites for hydroxylation is 1. The maximum absolute atomic E-state index is 14.8. The highest BCUT2D eigenvalue weighted by molar-refractivity contribution is 7.92. The van der Waals surface area contributed by atoms with E-state index in [1.165, 1.54) is 6.07 Å². The van der Waals surface area contributed by atoms with Crippen molar-refractivity contribution in [1.82, 2.24) is 20.3 Å². The zero-order valence-corrected chi connectivity index (χ0v) is 24.2. The maximum atomic E-state index is 14.8. The van der Waals surface area contributed by atoms with Crippen molar-refractivity contribution in [3.63, 3.8) is 0 Å². The minimum absolute atomic E-state index is 0. The van der Waals surface area contributed by atoms with Gasteiger partial charge in [-0.25, -0.2) is 36.5 Å². The van der Waals surface area contributed by atoms with Gasteiger partial charge in [0, 0.05) is 42.2 Å². The lowest BCUT2D eigenvalue weighted by Crippen LogP contribution is -2.38. The molecule has 1 aliphatic heterocycles. The van der Waals surface area contributed by atoms with Crippen LogP contribution in [-0.4, -0.2) is 54.7 Å². The lowest BCUT2D eigenvalue weighted by Gasteiger charge is -2.23. The van der Waals surface area contributed by atoms with Gasteiger partial charge in [-0.05, 0) is 62.2 Å². The second-order valence-electron chi connectivity index (χ2n) is 9.74. The largest absolute Gasteiger partial charge is 0.437 e. The monoisotopic (exact) mass is 622 g/mol. The number of pyridine rings is 1. The molecule has 0 aliphatic carbocycles. The molecule has 1 saturated heterocycles. The Morgan fingerprint density at radius 2 is 1.90 bits per heavy atom. The van der Waals surface area contributed by atoms with Crippen molar-refractivity contribution in [1.29, 1.82) is 0 Å². The number of halogens is 4. The summed E-state index contributed by atoms with van der Waals surface area (Å²) in [7, 11) is -4.23. The van der Waals surface area contributed by atoms with Gasteiger partial charge in [-0.15, -0.1) is 12.4 Å². The average molecular weight is 623 g/mol. The van der Waals surface area contributed by atoms with Crippen LogP contribution < -0.4 is 20.1 Å². The number of piperidine rings is 1. The summed E-state index contributed by atoms with van der Waals surface area (Å²) in [6, 6.07) is 11.3. The average Bonchev–Trinajstić information content (AvgIpc) is 2.96. The summed E-state index contributed by atoms with van der Waals surface area (Å²) in [5, 5.41) is 7.32. The minimum Gasteiger partial charge on any atom is -0.437 e.